The Morgan fingerprint density at radius 3 is 2.03 bits per heavy atom. The number of ketones is 1. The summed E-state index contributed by atoms with van der Waals surface area (Å²) >= 11 is 0. The van der Waals surface area contributed by atoms with Crippen molar-refractivity contribution in [2.45, 2.75) is 25.6 Å². The average molecular weight is 451 g/mol. The summed E-state index contributed by atoms with van der Waals surface area (Å²) in [7, 11) is 0. The Kier molecular flexibility index (Phi) is 5.89. The van der Waals surface area contributed by atoms with E-state index in [1.54, 1.807) is 0 Å². The zero-order chi connectivity index (χ0) is 23.5. The second-order valence-corrected chi connectivity index (χ2v) is 8.88. The molecule has 0 heterocycles. The van der Waals surface area contributed by atoms with Crippen LogP contribution < -0.4 is 0 Å². The van der Waals surface area contributed by atoms with Crippen LogP contribution in [0, 0.1) is 11.3 Å². The number of ether oxygens (including phenoxy) is 2. The van der Waals surface area contributed by atoms with Crippen LogP contribution in [0.25, 0.3) is 0 Å². The molecule has 0 amide bonds. The van der Waals surface area contributed by atoms with E-state index < -0.39 is 11.4 Å². The lowest BCUT2D eigenvalue weighted by molar-refractivity contribution is -0.158. The molecule has 0 N–H and O–H groups in total. The van der Waals surface area contributed by atoms with E-state index in [2.05, 4.69) is 6.58 Å². The number of esters is 1. The highest BCUT2D eigenvalue weighted by atomic mass is 16.5. The molecule has 4 heteroatoms. The normalized spacial score (nSPS) is 23.4. The Morgan fingerprint density at radius 1 is 0.853 bits per heavy atom. The van der Waals surface area contributed by atoms with E-state index in [-0.39, 0.29) is 24.2 Å². The third kappa shape index (κ3) is 3.86. The van der Waals surface area contributed by atoms with Crippen LogP contribution in [0.3, 0.4) is 0 Å². The van der Waals surface area contributed by atoms with Gasteiger partial charge in [-0.05, 0) is 28.7 Å². The van der Waals surface area contributed by atoms with E-state index in [4.69, 9.17) is 9.47 Å². The minimum Gasteiger partial charge on any atom is -0.493 e. The molecule has 34 heavy (non-hydrogen) atoms. The molecule has 0 radical (unpaired) electrons. The molecule has 0 aliphatic heterocycles. The van der Waals surface area contributed by atoms with E-state index in [9.17, 15) is 9.59 Å². The predicted octanol–water partition coefficient (Wildman–Crippen LogP) is 5.76. The van der Waals surface area contributed by atoms with Gasteiger partial charge in [0.1, 0.15) is 19.0 Å². The van der Waals surface area contributed by atoms with Crippen LogP contribution in [0.5, 0.6) is 0 Å². The summed E-state index contributed by atoms with van der Waals surface area (Å²) in [6, 6.07) is 29.2. The van der Waals surface area contributed by atoms with Crippen molar-refractivity contribution in [1.29, 1.82) is 0 Å². The monoisotopic (exact) mass is 450 g/mol. The van der Waals surface area contributed by atoms with Crippen LogP contribution in [-0.2, 0) is 32.3 Å². The Morgan fingerprint density at radius 2 is 1.41 bits per heavy atom. The maximum absolute atomic E-state index is 13.5. The van der Waals surface area contributed by atoms with Gasteiger partial charge >= 0.3 is 5.97 Å². The van der Waals surface area contributed by atoms with E-state index in [1.807, 2.05) is 91.0 Å². The van der Waals surface area contributed by atoms with E-state index in [1.165, 1.54) is 6.08 Å². The lowest BCUT2D eigenvalue weighted by atomic mass is 9.75. The van der Waals surface area contributed by atoms with Gasteiger partial charge in [0, 0.05) is 17.9 Å². The summed E-state index contributed by atoms with van der Waals surface area (Å²) in [5.74, 6) is -0.617. The first-order valence-corrected chi connectivity index (χ1v) is 11.5. The summed E-state index contributed by atoms with van der Waals surface area (Å²) in [6.45, 7) is 4.77. The molecule has 3 aromatic rings. The van der Waals surface area contributed by atoms with Crippen LogP contribution in [0.2, 0.25) is 0 Å². The summed E-state index contributed by atoms with van der Waals surface area (Å²) in [5.41, 5.74) is 2.10. The molecule has 5 rings (SSSR count). The quantitative estimate of drug-likeness (QED) is 0.261. The standard InChI is InChI=1S/C30H26O4/c1-21-28(24-15-9-4-10-16-24)25-18-30(21,29(32)34-20-23-13-7-3-8-14-23)27(31)17-26(25)33-19-22-11-5-2-6-12-22/h2-17,25,28H,1,18-20H2/t25-,28+,30+/m0/s1. The van der Waals surface area contributed by atoms with Crippen molar-refractivity contribution in [1.82, 2.24) is 0 Å². The molecular formula is C30H26O4. The second-order valence-electron chi connectivity index (χ2n) is 8.88. The van der Waals surface area contributed by atoms with Crippen molar-refractivity contribution in [3.63, 3.8) is 0 Å². The van der Waals surface area contributed by atoms with Gasteiger partial charge in [-0.25, -0.2) is 0 Å². The lowest BCUT2D eigenvalue weighted by Crippen LogP contribution is -2.41. The molecule has 3 aromatic carbocycles. The van der Waals surface area contributed by atoms with E-state index in [0.29, 0.717) is 24.4 Å². The number of allylic oxidation sites excluding steroid dienone is 2. The highest BCUT2D eigenvalue weighted by Gasteiger charge is 2.62. The van der Waals surface area contributed by atoms with Gasteiger partial charge in [-0.15, -0.1) is 0 Å². The summed E-state index contributed by atoms with van der Waals surface area (Å²) < 4.78 is 11.9. The second kappa shape index (κ2) is 9.14. The Bertz CT molecular complexity index is 1230. The summed E-state index contributed by atoms with van der Waals surface area (Å²) in [6.07, 6.45) is 1.80. The molecule has 170 valence electrons. The number of hydrogen-bond donors (Lipinski definition) is 0. The fourth-order valence-corrected chi connectivity index (χ4v) is 5.12. The fraction of sp³-hybridized carbons (Fsp3) is 0.200. The lowest BCUT2D eigenvalue weighted by Gasteiger charge is -2.29. The summed E-state index contributed by atoms with van der Waals surface area (Å²) in [4.78, 5) is 27.0. The zero-order valence-electron chi connectivity index (χ0n) is 18.9. The largest absolute Gasteiger partial charge is 0.493 e. The maximum Gasteiger partial charge on any atom is 0.324 e. The Balaban J connectivity index is 1.46. The van der Waals surface area contributed by atoms with Crippen LogP contribution in [0.4, 0.5) is 0 Å². The summed E-state index contributed by atoms with van der Waals surface area (Å²) in [5, 5.41) is 0. The third-order valence-corrected chi connectivity index (χ3v) is 6.88. The van der Waals surface area contributed by atoms with Crippen molar-refractivity contribution in [3.8, 4) is 0 Å². The van der Waals surface area contributed by atoms with Gasteiger partial charge in [-0.2, -0.15) is 0 Å². The molecule has 1 fully saturated rings. The Hall–Kier alpha value is -3.92. The van der Waals surface area contributed by atoms with Gasteiger partial charge in [-0.3, -0.25) is 9.59 Å². The van der Waals surface area contributed by atoms with Crippen molar-refractivity contribution < 1.29 is 19.1 Å². The molecule has 2 bridgehead atoms. The first kappa shape index (κ1) is 21.9. The third-order valence-electron chi connectivity index (χ3n) is 6.88. The number of carbonyl (C=O) groups is 2. The molecule has 0 spiro atoms. The first-order valence-electron chi connectivity index (χ1n) is 11.5. The van der Waals surface area contributed by atoms with Gasteiger partial charge in [0.25, 0.3) is 0 Å². The van der Waals surface area contributed by atoms with Gasteiger partial charge in [0.2, 0.25) is 0 Å². The van der Waals surface area contributed by atoms with E-state index >= 15 is 0 Å². The molecule has 0 saturated heterocycles. The molecule has 2 aliphatic carbocycles. The van der Waals surface area contributed by atoms with E-state index in [0.717, 1.165) is 16.7 Å². The minimum absolute atomic E-state index is 0.115. The van der Waals surface area contributed by atoms with Crippen LogP contribution >= 0.6 is 0 Å². The van der Waals surface area contributed by atoms with Crippen molar-refractivity contribution in [2.75, 3.05) is 0 Å². The van der Waals surface area contributed by atoms with Crippen molar-refractivity contribution in [2.24, 2.45) is 11.3 Å². The Labute approximate surface area is 199 Å². The predicted molar refractivity (Wildman–Crippen MR) is 129 cm³/mol. The van der Waals surface area contributed by atoms with Crippen molar-refractivity contribution in [3.05, 3.63) is 132 Å². The minimum atomic E-state index is -1.39. The first-order chi connectivity index (χ1) is 16.6. The molecule has 1 saturated carbocycles. The number of benzene rings is 3. The van der Waals surface area contributed by atoms with Gasteiger partial charge in [0.15, 0.2) is 11.2 Å². The molecular weight excluding hydrogens is 424 g/mol. The number of fused-ring (bicyclic) bond motifs is 2. The molecule has 0 unspecified atom stereocenters. The topological polar surface area (TPSA) is 52.6 Å². The maximum atomic E-state index is 13.5. The van der Waals surface area contributed by atoms with Crippen molar-refractivity contribution >= 4 is 11.8 Å². The van der Waals surface area contributed by atoms with Gasteiger partial charge in [-0.1, -0.05) is 97.6 Å². The SMILES string of the molecule is C=C1[C@H](c2ccccc2)[C@H]2C[C@]1(C(=O)OCc1ccccc1)C(=O)C=C2OCc1ccccc1. The van der Waals surface area contributed by atoms with Crippen LogP contribution in [0.15, 0.2) is 115 Å². The molecule has 2 aliphatic rings. The molecule has 3 atom stereocenters. The number of carbonyl (C=O) groups excluding carboxylic acids is 2. The average Bonchev–Trinajstić information content (AvgIpc) is 3.16. The fourth-order valence-electron chi connectivity index (χ4n) is 5.12. The van der Waals surface area contributed by atoms with Crippen LogP contribution in [0.1, 0.15) is 29.0 Å². The number of hydrogen-bond acceptors (Lipinski definition) is 4. The molecule has 0 aromatic heterocycles. The van der Waals surface area contributed by atoms with Gasteiger partial charge < -0.3 is 9.47 Å². The zero-order valence-corrected chi connectivity index (χ0v) is 18.9. The van der Waals surface area contributed by atoms with Gasteiger partial charge in [0.05, 0.1) is 0 Å². The highest BCUT2D eigenvalue weighted by molar-refractivity contribution is 6.14. The number of rotatable bonds is 7. The highest BCUT2D eigenvalue weighted by Crippen LogP contribution is 2.60. The van der Waals surface area contributed by atoms with Crippen LogP contribution in [-0.4, -0.2) is 11.8 Å². The molecule has 4 nitrogen and oxygen atoms in total. The smallest absolute Gasteiger partial charge is 0.324 e.